The molecule has 1 atom stereocenters. The highest BCUT2D eigenvalue weighted by Crippen LogP contribution is 2.40. The van der Waals surface area contributed by atoms with Crippen LogP contribution in [0.3, 0.4) is 0 Å². The molecule has 0 saturated heterocycles. The van der Waals surface area contributed by atoms with Crippen LogP contribution in [0.2, 0.25) is 0 Å². The van der Waals surface area contributed by atoms with Crippen molar-refractivity contribution in [3.8, 4) is 11.1 Å². The fourth-order valence-electron chi connectivity index (χ4n) is 4.66. The lowest BCUT2D eigenvalue weighted by Crippen LogP contribution is -2.22. The molecule has 1 aromatic heterocycles. The SMILES string of the molecule is CC(C)Nc1ncc(-c2cc3c(cc2F)C(C(=Nc2ccc(CN(C)C)cc2)c2ccccc2)C(=O)N3)cn1. The summed E-state index contributed by atoms with van der Waals surface area (Å²) >= 11 is 0. The normalized spacial score (nSPS) is 15.0. The number of carbonyl (C=O) groups is 1. The number of rotatable bonds is 8. The molecule has 2 heterocycles. The van der Waals surface area contributed by atoms with Crippen molar-refractivity contribution in [2.24, 2.45) is 4.99 Å². The fraction of sp³-hybridized carbons (Fsp3) is 0.226. The van der Waals surface area contributed by atoms with Gasteiger partial charge in [0.1, 0.15) is 11.7 Å². The lowest BCUT2D eigenvalue weighted by Gasteiger charge is -2.15. The minimum atomic E-state index is -0.763. The summed E-state index contributed by atoms with van der Waals surface area (Å²) in [5, 5.41) is 6.07. The van der Waals surface area contributed by atoms with Crippen molar-refractivity contribution >= 4 is 28.9 Å². The Balaban J connectivity index is 1.53. The number of nitrogens with zero attached hydrogens (tertiary/aromatic N) is 4. The Hall–Kier alpha value is -4.43. The Kier molecular flexibility index (Phi) is 7.47. The van der Waals surface area contributed by atoms with Gasteiger partial charge >= 0.3 is 0 Å². The van der Waals surface area contributed by atoms with Gasteiger partial charge in [-0.15, -0.1) is 0 Å². The van der Waals surface area contributed by atoms with Crippen LogP contribution < -0.4 is 10.6 Å². The summed E-state index contributed by atoms with van der Waals surface area (Å²) < 4.78 is 15.5. The number of aliphatic imine (C=N–C) groups is 1. The van der Waals surface area contributed by atoms with Gasteiger partial charge in [0.25, 0.3) is 0 Å². The van der Waals surface area contributed by atoms with Crippen molar-refractivity contribution in [3.63, 3.8) is 0 Å². The zero-order valence-corrected chi connectivity index (χ0v) is 22.4. The molecule has 8 heteroatoms. The molecule has 0 aliphatic carbocycles. The standard InChI is InChI=1S/C31H31FN6O/c1-19(2)35-31-33-16-22(17-34-31)24-15-27-25(14-26(24)32)28(30(39)37-27)29(21-8-6-5-7-9-21)36-23-12-10-20(11-13-23)18-38(3)4/h5-17,19,28H,18H2,1-4H3,(H,37,39)(H,33,34,35). The highest BCUT2D eigenvalue weighted by Gasteiger charge is 2.36. The topological polar surface area (TPSA) is 82.5 Å². The van der Waals surface area contributed by atoms with Gasteiger partial charge in [-0.25, -0.2) is 14.4 Å². The van der Waals surface area contributed by atoms with E-state index >= 15 is 4.39 Å². The van der Waals surface area contributed by atoms with Crippen molar-refractivity contribution in [3.05, 3.63) is 102 Å². The summed E-state index contributed by atoms with van der Waals surface area (Å²) in [6.07, 6.45) is 3.15. The monoisotopic (exact) mass is 522 g/mol. The molecular weight excluding hydrogens is 491 g/mol. The molecule has 3 aromatic carbocycles. The number of carbonyl (C=O) groups excluding carboxylic acids is 1. The van der Waals surface area contributed by atoms with Crippen LogP contribution in [0.15, 0.2) is 84.1 Å². The molecular formula is C31H31FN6O. The molecule has 0 bridgehead atoms. The van der Waals surface area contributed by atoms with E-state index < -0.39 is 11.7 Å². The number of amides is 1. The molecule has 198 valence electrons. The van der Waals surface area contributed by atoms with E-state index in [1.54, 1.807) is 18.5 Å². The van der Waals surface area contributed by atoms with E-state index in [0.29, 0.717) is 34.0 Å². The van der Waals surface area contributed by atoms with Gasteiger partial charge in [-0.2, -0.15) is 0 Å². The van der Waals surface area contributed by atoms with Gasteiger partial charge in [0.2, 0.25) is 11.9 Å². The lowest BCUT2D eigenvalue weighted by molar-refractivity contribution is -0.115. The Labute approximate surface area is 227 Å². The summed E-state index contributed by atoms with van der Waals surface area (Å²) in [6, 6.07) is 20.7. The van der Waals surface area contributed by atoms with Gasteiger partial charge in [0.15, 0.2) is 0 Å². The average Bonchev–Trinajstić information content (AvgIpc) is 3.22. The van der Waals surface area contributed by atoms with Crippen LogP contribution in [0.25, 0.3) is 11.1 Å². The van der Waals surface area contributed by atoms with E-state index in [4.69, 9.17) is 4.99 Å². The molecule has 1 aliphatic heterocycles. The third-order valence-electron chi connectivity index (χ3n) is 6.38. The molecule has 0 saturated carbocycles. The van der Waals surface area contributed by atoms with Crippen LogP contribution in [-0.2, 0) is 11.3 Å². The van der Waals surface area contributed by atoms with Gasteiger partial charge < -0.3 is 15.5 Å². The van der Waals surface area contributed by atoms with Gasteiger partial charge in [-0.05, 0) is 68.9 Å². The molecule has 1 unspecified atom stereocenters. The van der Waals surface area contributed by atoms with Crippen LogP contribution in [0.4, 0.5) is 21.7 Å². The highest BCUT2D eigenvalue weighted by molar-refractivity contribution is 6.24. The van der Waals surface area contributed by atoms with E-state index in [2.05, 4.69) is 25.5 Å². The first-order valence-electron chi connectivity index (χ1n) is 12.9. The Morgan fingerprint density at radius 2 is 1.74 bits per heavy atom. The second-order valence-corrected chi connectivity index (χ2v) is 10.2. The van der Waals surface area contributed by atoms with E-state index in [-0.39, 0.29) is 11.9 Å². The molecule has 7 nitrogen and oxygen atoms in total. The third kappa shape index (κ3) is 5.86. The highest BCUT2D eigenvalue weighted by atomic mass is 19.1. The number of benzene rings is 3. The molecule has 4 aromatic rings. The van der Waals surface area contributed by atoms with Crippen LogP contribution in [-0.4, -0.2) is 46.6 Å². The molecule has 0 fully saturated rings. The summed E-state index contributed by atoms with van der Waals surface area (Å²) in [5.41, 5.74) is 5.19. The quantitative estimate of drug-likeness (QED) is 0.277. The van der Waals surface area contributed by atoms with Crippen molar-refractivity contribution in [2.75, 3.05) is 24.7 Å². The van der Waals surface area contributed by atoms with E-state index in [0.717, 1.165) is 23.4 Å². The maximum atomic E-state index is 15.5. The van der Waals surface area contributed by atoms with Crippen molar-refractivity contribution in [1.29, 1.82) is 0 Å². The predicted octanol–water partition coefficient (Wildman–Crippen LogP) is 6.02. The summed E-state index contributed by atoms with van der Waals surface area (Å²) in [7, 11) is 4.04. The predicted molar refractivity (Wildman–Crippen MR) is 154 cm³/mol. The Morgan fingerprint density at radius 3 is 2.38 bits per heavy atom. The van der Waals surface area contributed by atoms with Crippen LogP contribution >= 0.6 is 0 Å². The van der Waals surface area contributed by atoms with Gasteiger partial charge in [-0.3, -0.25) is 9.79 Å². The molecule has 5 rings (SSSR count). The summed E-state index contributed by atoms with van der Waals surface area (Å²) in [4.78, 5) is 29.0. The molecule has 1 amide bonds. The van der Waals surface area contributed by atoms with Crippen molar-refractivity contribution < 1.29 is 9.18 Å². The molecule has 0 spiro atoms. The Morgan fingerprint density at radius 1 is 1.05 bits per heavy atom. The number of anilines is 2. The summed E-state index contributed by atoms with van der Waals surface area (Å²) in [6.45, 7) is 4.80. The number of aromatic nitrogens is 2. The third-order valence-corrected chi connectivity index (χ3v) is 6.38. The number of hydrogen-bond acceptors (Lipinski definition) is 6. The van der Waals surface area contributed by atoms with E-state index in [9.17, 15) is 4.79 Å². The smallest absolute Gasteiger partial charge is 0.238 e. The lowest BCUT2D eigenvalue weighted by atomic mass is 9.89. The Bertz CT molecular complexity index is 1500. The first-order chi connectivity index (χ1) is 18.8. The second-order valence-electron chi connectivity index (χ2n) is 10.2. The molecule has 1 aliphatic rings. The zero-order valence-electron chi connectivity index (χ0n) is 22.4. The van der Waals surface area contributed by atoms with Gasteiger partial charge in [0.05, 0.1) is 11.4 Å². The van der Waals surface area contributed by atoms with Crippen molar-refractivity contribution in [2.45, 2.75) is 32.4 Å². The van der Waals surface area contributed by atoms with Crippen LogP contribution in [0.5, 0.6) is 0 Å². The molecule has 2 N–H and O–H groups in total. The number of halogens is 1. The number of hydrogen-bond donors (Lipinski definition) is 2. The van der Waals surface area contributed by atoms with Crippen LogP contribution in [0.1, 0.15) is 36.5 Å². The van der Waals surface area contributed by atoms with Crippen LogP contribution in [0, 0.1) is 5.82 Å². The van der Waals surface area contributed by atoms with Crippen molar-refractivity contribution in [1.82, 2.24) is 14.9 Å². The second kappa shape index (κ2) is 11.1. The number of fused-ring (bicyclic) bond motifs is 1. The largest absolute Gasteiger partial charge is 0.352 e. The molecule has 39 heavy (non-hydrogen) atoms. The maximum Gasteiger partial charge on any atom is 0.238 e. The fourth-order valence-corrected chi connectivity index (χ4v) is 4.66. The number of nitrogens with one attached hydrogen (secondary N) is 2. The van der Waals surface area contributed by atoms with E-state index in [1.807, 2.05) is 82.5 Å². The minimum Gasteiger partial charge on any atom is -0.352 e. The maximum absolute atomic E-state index is 15.5. The summed E-state index contributed by atoms with van der Waals surface area (Å²) in [5.74, 6) is -0.992. The first kappa shape index (κ1) is 26.2. The average molecular weight is 523 g/mol. The van der Waals surface area contributed by atoms with E-state index in [1.165, 1.54) is 6.07 Å². The van der Waals surface area contributed by atoms with Gasteiger partial charge in [0, 0.05) is 41.8 Å². The molecule has 0 radical (unpaired) electrons. The first-order valence-corrected chi connectivity index (χ1v) is 12.9. The van der Waals surface area contributed by atoms with Gasteiger partial charge in [-0.1, -0.05) is 42.5 Å². The minimum absolute atomic E-state index is 0.177. The zero-order chi connectivity index (χ0) is 27.5.